The lowest BCUT2D eigenvalue weighted by Crippen LogP contribution is -2.34. The van der Waals surface area contributed by atoms with Gasteiger partial charge in [0.05, 0.1) is 20.5 Å². The van der Waals surface area contributed by atoms with Gasteiger partial charge in [-0.3, -0.25) is 4.79 Å². The second-order valence-electron chi connectivity index (χ2n) is 4.71. The van der Waals surface area contributed by atoms with E-state index in [-0.39, 0.29) is 33.6 Å². The van der Waals surface area contributed by atoms with E-state index >= 15 is 0 Å². The van der Waals surface area contributed by atoms with Gasteiger partial charge in [-0.25, -0.2) is 13.1 Å². The summed E-state index contributed by atoms with van der Waals surface area (Å²) in [7, 11) is -3.69. The van der Waals surface area contributed by atoms with Crippen LogP contribution in [0.1, 0.15) is 10.4 Å². The van der Waals surface area contributed by atoms with Crippen molar-refractivity contribution in [1.29, 1.82) is 0 Å². The predicted octanol–water partition coefficient (Wildman–Crippen LogP) is 3.36. The fourth-order valence-corrected chi connectivity index (χ4v) is 3.57. The highest BCUT2D eigenvalue weighted by Gasteiger charge is 2.15. The van der Waals surface area contributed by atoms with Gasteiger partial charge in [-0.15, -0.1) is 0 Å². The summed E-state index contributed by atoms with van der Waals surface area (Å²) in [5.41, 5.74) is 0.224. The van der Waals surface area contributed by atoms with Crippen LogP contribution in [0, 0.1) is 0 Å². The van der Waals surface area contributed by atoms with Gasteiger partial charge in [0.15, 0.2) is 0 Å². The minimum Gasteiger partial charge on any atom is -0.351 e. The number of hydrogen-bond acceptors (Lipinski definition) is 3. The van der Waals surface area contributed by atoms with Crippen molar-refractivity contribution in [2.24, 2.45) is 0 Å². The molecule has 2 aromatic carbocycles. The summed E-state index contributed by atoms with van der Waals surface area (Å²) in [5, 5.41) is 3.31. The molecule has 24 heavy (non-hydrogen) atoms. The molecule has 2 N–H and O–H groups in total. The maximum Gasteiger partial charge on any atom is 0.252 e. The molecule has 0 atom stereocenters. The summed E-state index contributed by atoms with van der Waals surface area (Å²) in [6.45, 7) is 0.0975. The molecule has 0 heterocycles. The van der Waals surface area contributed by atoms with Crippen LogP contribution in [0.4, 0.5) is 0 Å². The third-order valence-corrected chi connectivity index (χ3v) is 5.52. The van der Waals surface area contributed by atoms with Crippen molar-refractivity contribution < 1.29 is 13.2 Å². The Morgan fingerprint density at radius 3 is 2.42 bits per heavy atom. The Labute approximate surface area is 155 Å². The molecule has 0 saturated carbocycles. The van der Waals surface area contributed by atoms with Crippen molar-refractivity contribution in [2.45, 2.75) is 4.90 Å². The number of benzene rings is 2. The van der Waals surface area contributed by atoms with E-state index in [1.807, 2.05) is 0 Å². The predicted molar refractivity (Wildman–Crippen MR) is 95.4 cm³/mol. The van der Waals surface area contributed by atoms with E-state index in [1.165, 1.54) is 18.2 Å². The average Bonchev–Trinajstić information content (AvgIpc) is 2.54. The molecule has 9 heteroatoms. The van der Waals surface area contributed by atoms with Crippen molar-refractivity contribution in [2.75, 3.05) is 13.1 Å². The van der Waals surface area contributed by atoms with Gasteiger partial charge in [-0.05, 0) is 30.3 Å². The second kappa shape index (κ2) is 8.18. The van der Waals surface area contributed by atoms with Crippen molar-refractivity contribution in [3.8, 4) is 0 Å². The highest BCUT2D eigenvalue weighted by molar-refractivity contribution is 7.89. The zero-order valence-electron chi connectivity index (χ0n) is 12.2. The molecular formula is C15H13Cl3N2O3S. The number of amides is 1. The summed E-state index contributed by atoms with van der Waals surface area (Å²) >= 11 is 17.6. The first kappa shape index (κ1) is 19.0. The molecule has 0 saturated heterocycles. The van der Waals surface area contributed by atoms with Crippen LogP contribution in [0.15, 0.2) is 47.4 Å². The lowest BCUT2D eigenvalue weighted by atomic mass is 10.2. The largest absolute Gasteiger partial charge is 0.351 e. The van der Waals surface area contributed by atoms with E-state index in [0.29, 0.717) is 5.02 Å². The maximum atomic E-state index is 12.1. The number of halogens is 3. The first-order valence-electron chi connectivity index (χ1n) is 6.79. The molecule has 0 aliphatic rings. The summed E-state index contributed by atoms with van der Waals surface area (Å²) < 4.78 is 26.5. The van der Waals surface area contributed by atoms with Crippen LogP contribution >= 0.6 is 34.8 Å². The molecule has 0 aromatic heterocycles. The van der Waals surface area contributed by atoms with Crippen LogP contribution in [-0.4, -0.2) is 27.4 Å². The summed E-state index contributed by atoms with van der Waals surface area (Å²) in [6, 6.07) is 10.6. The number of rotatable bonds is 6. The second-order valence-corrected chi connectivity index (χ2v) is 7.70. The number of hydrogen-bond donors (Lipinski definition) is 2. The molecule has 0 spiro atoms. The average molecular weight is 408 g/mol. The van der Waals surface area contributed by atoms with E-state index < -0.39 is 15.9 Å². The van der Waals surface area contributed by atoms with Gasteiger partial charge < -0.3 is 5.32 Å². The summed E-state index contributed by atoms with van der Waals surface area (Å²) in [6.07, 6.45) is 0. The Morgan fingerprint density at radius 1 is 1.00 bits per heavy atom. The standard InChI is InChI=1S/C15H13Cl3N2O3S/c16-10-3-1-4-11(9-10)24(22,23)20-8-7-19-15(21)12-5-2-6-13(17)14(12)18/h1-6,9,20H,7-8H2,(H,19,21). The lowest BCUT2D eigenvalue weighted by Gasteiger charge is -2.09. The van der Waals surface area contributed by atoms with E-state index in [2.05, 4.69) is 10.0 Å². The molecule has 2 rings (SSSR count). The smallest absolute Gasteiger partial charge is 0.252 e. The van der Waals surface area contributed by atoms with Gasteiger partial charge in [0.1, 0.15) is 0 Å². The highest BCUT2D eigenvalue weighted by Crippen LogP contribution is 2.25. The molecular weight excluding hydrogens is 395 g/mol. The number of nitrogens with one attached hydrogen (secondary N) is 2. The normalized spacial score (nSPS) is 11.3. The molecule has 128 valence electrons. The van der Waals surface area contributed by atoms with Crippen LogP contribution in [-0.2, 0) is 10.0 Å². The van der Waals surface area contributed by atoms with E-state index in [1.54, 1.807) is 24.3 Å². The quantitative estimate of drug-likeness (QED) is 0.721. The van der Waals surface area contributed by atoms with Crippen molar-refractivity contribution in [3.63, 3.8) is 0 Å². The molecule has 0 aliphatic heterocycles. The molecule has 1 amide bonds. The first-order chi connectivity index (χ1) is 11.3. The first-order valence-corrected chi connectivity index (χ1v) is 9.40. The van der Waals surface area contributed by atoms with Gasteiger partial charge in [-0.1, -0.05) is 46.9 Å². The van der Waals surface area contributed by atoms with Crippen molar-refractivity contribution in [1.82, 2.24) is 10.0 Å². The summed E-state index contributed by atoms with van der Waals surface area (Å²) in [4.78, 5) is 12.1. The zero-order chi connectivity index (χ0) is 17.7. The minimum absolute atomic E-state index is 0.0127. The highest BCUT2D eigenvalue weighted by atomic mass is 35.5. The SMILES string of the molecule is O=C(NCCNS(=O)(=O)c1cccc(Cl)c1)c1cccc(Cl)c1Cl. The molecule has 2 aromatic rings. The zero-order valence-corrected chi connectivity index (χ0v) is 15.3. The van der Waals surface area contributed by atoms with Gasteiger partial charge in [0, 0.05) is 18.1 Å². The van der Waals surface area contributed by atoms with Crippen LogP contribution < -0.4 is 10.0 Å². The molecule has 0 aliphatic carbocycles. The Kier molecular flexibility index (Phi) is 6.48. The van der Waals surface area contributed by atoms with E-state index in [9.17, 15) is 13.2 Å². The third kappa shape index (κ3) is 4.84. The molecule has 0 bridgehead atoms. The third-order valence-electron chi connectivity index (χ3n) is 3.01. The Balaban J connectivity index is 1.91. The molecule has 0 unspecified atom stereocenters. The minimum atomic E-state index is -3.69. The lowest BCUT2D eigenvalue weighted by molar-refractivity contribution is 0.0954. The van der Waals surface area contributed by atoms with E-state index in [4.69, 9.17) is 34.8 Å². The summed E-state index contributed by atoms with van der Waals surface area (Å²) in [5.74, 6) is -0.440. The van der Waals surface area contributed by atoms with Gasteiger partial charge in [-0.2, -0.15) is 0 Å². The fraction of sp³-hybridized carbons (Fsp3) is 0.133. The van der Waals surface area contributed by atoms with Crippen LogP contribution in [0.2, 0.25) is 15.1 Å². The van der Waals surface area contributed by atoms with Gasteiger partial charge in [0.2, 0.25) is 10.0 Å². The van der Waals surface area contributed by atoms with Gasteiger partial charge in [0.25, 0.3) is 5.91 Å². The van der Waals surface area contributed by atoms with Gasteiger partial charge >= 0.3 is 0 Å². The number of sulfonamides is 1. The van der Waals surface area contributed by atoms with Crippen molar-refractivity contribution >= 4 is 50.7 Å². The molecule has 0 radical (unpaired) electrons. The van der Waals surface area contributed by atoms with E-state index in [0.717, 1.165) is 0 Å². The van der Waals surface area contributed by atoms with Crippen LogP contribution in [0.5, 0.6) is 0 Å². The monoisotopic (exact) mass is 406 g/mol. The number of carbonyl (C=O) groups excluding carboxylic acids is 1. The molecule has 5 nitrogen and oxygen atoms in total. The molecule has 0 fully saturated rings. The Bertz CT molecular complexity index is 857. The Hall–Kier alpha value is -1.31. The topological polar surface area (TPSA) is 75.3 Å². The fourth-order valence-electron chi connectivity index (χ4n) is 1.85. The Morgan fingerprint density at radius 2 is 1.71 bits per heavy atom. The number of carbonyl (C=O) groups is 1. The van der Waals surface area contributed by atoms with Crippen molar-refractivity contribution in [3.05, 3.63) is 63.1 Å². The van der Waals surface area contributed by atoms with Crippen LogP contribution in [0.3, 0.4) is 0 Å². The maximum absolute atomic E-state index is 12.1. The van der Waals surface area contributed by atoms with Crippen LogP contribution in [0.25, 0.3) is 0 Å².